The summed E-state index contributed by atoms with van der Waals surface area (Å²) in [5.74, 6) is 0.139. The lowest BCUT2D eigenvalue weighted by atomic mass is 10.1. The maximum Gasteiger partial charge on any atom is 0.227 e. The van der Waals surface area contributed by atoms with Crippen LogP contribution in [0.15, 0.2) is 12.2 Å². The van der Waals surface area contributed by atoms with E-state index in [1.807, 2.05) is 44.3 Å². The van der Waals surface area contributed by atoms with Crippen LogP contribution in [0.3, 0.4) is 0 Å². The van der Waals surface area contributed by atoms with Gasteiger partial charge in [0.2, 0.25) is 5.91 Å². The van der Waals surface area contributed by atoms with Gasteiger partial charge >= 0.3 is 0 Å². The van der Waals surface area contributed by atoms with Crippen molar-refractivity contribution in [1.29, 1.82) is 0 Å². The first-order chi connectivity index (χ1) is 8.36. The highest BCUT2D eigenvalue weighted by Gasteiger charge is 2.17. The lowest BCUT2D eigenvalue weighted by Crippen LogP contribution is -2.33. The van der Waals surface area contributed by atoms with Crippen molar-refractivity contribution < 1.29 is 4.79 Å². The number of amides is 1. The van der Waals surface area contributed by atoms with Crippen molar-refractivity contribution in [2.45, 2.75) is 34.1 Å². The van der Waals surface area contributed by atoms with Crippen molar-refractivity contribution in [1.82, 2.24) is 14.7 Å². The number of carbonyl (C=O) groups is 1. The number of hydrogen-bond acceptors (Lipinski definition) is 2. The summed E-state index contributed by atoms with van der Waals surface area (Å²) >= 11 is 0. The molecule has 0 radical (unpaired) electrons. The lowest BCUT2D eigenvalue weighted by Gasteiger charge is -2.21. The zero-order chi connectivity index (χ0) is 13.9. The van der Waals surface area contributed by atoms with E-state index in [-0.39, 0.29) is 5.91 Å². The zero-order valence-corrected chi connectivity index (χ0v) is 12.1. The molecule has 0 saturated carbocycles. The smallest absolute Gasteiger partial charge is 0.227 e. The SMILES string of the molecule is C=C(C)CN(CC)C(=O)Cc1c(C)nn(C)c1C. The number of aryl methyl sites for hydroxylation is 2. The molecule has 4 heteroatoms. The minimum atomic E-state index is 0.139. The molecule has 1 amide bonds. The molecule has 0 saturated heterocycles. The number of rotatable bonds is 5. The summed E-state index contributed by atoms with van der Waals surface area (Å²) in [5.41, 5.74) is 4.05. The molecule has 0 N–H and O–H groups in total. The number of hydrogen-bond donors (Lipinski definition) is 0. The largest absolute Gasteiger partial charge is 0.339 e. The Hall–Kier alpha value is -1.58. The van der Waals surface area contributed by atoms with Gasteiger partial charge in [-0.15, -0.1) is 0 Å². The Morgan fingerprint density at radius 3 is 2.44 bits per heavy atom. The van der Waals surface area contributed by atoms with Crippen LogP contribution in [0.5, 0.6) is 0 Å². The minimum Gasteiger partial charge on any atom is -0.339 e. The molecule has 0 bridgehead atoms. The van der Waals surface area contributed by atoms with Crippen LogP contribution in [0.1, 0.15) is 30.8 Å². The van der Waals surface area contributed by atoms with Crippen LogP contribution in [0.4, 0.5) is 0 Å². The van der Waals surface area contributed by atoms with Gasteiger partial charge in [0, 0.05) is 31.4 Å². The molecule has 100 valence electrons. The Morgan fingerprint density at radius 2 is 2.06 bits per heavy atom. The van der Waals surface area contributed by atoms with Crippen LogP contribution < -0.4 is 0 Å². The molecule has 0 atom stereocenters. The van der Waals surface area contributed by atoms with Crippen LogP contribution in [0, 0.1) is 13.8 Å². The Labute approximate surface area is 109 Å². The monoisotopic (exact) mass is 249 g/mol. The molecule has 1 heterocycles. The van der Waals surface area contributed by atoms with Gasteiger partial charge < -0.3 is 4.90 Å². The molecule has 0 aromatic carbocycles. The predicted octanol–water partition coefficient (Wildman–Crippen LogP) is 2.00. The number of carbonyl (C=O) groups excluding carboxylic acids is 1. The van der Waals surface area contributed by atoms with E-state index in [1.165, 1.54) is 0 Å². The van der Waals surface area contributed by atoms with Crippen LogP contribution >= 0.6 is 0 Å². The van der Waals surface area contributed by atoms with Gasteiger partial charge in [0.25, 0.3) is 0 Å². The maximum absolute atomic E-state index is 12.2. The van der Waals surface area contributed by atoms with E-state index in [0.717, 1.165) is 22.5 Å². The molecule has 0 fully saturated rings. The van der Waals surface area contributed by atoms with Crippen LogP contribution in [0.2, 0.25) is 0 Å². The Balaban J connectivity index is 2.83. The van der Waals surface area contributed by atoms with E-state index in [1.54, 1.807) is 0 Å². The molecule has 0 aliphatic carbocycles. The average molecular weight is 249 g/mol. The van der Waals surface area contributed by atoms with Gasteiger partial charge in [-0.2, -0.15) is 5.10 Å². The molecule has 0 spiro atoms. The third-order valence-electron chi connectivity index (χ3n) is 3.18. The maximum atomic E-state index is 12.2. The fourth-order valence-electron chi connectivity index (χ4n) is 2.04. The van der Waals surface area contributed by atoms with Gasteiger partial charge in [0.15, 0.2) is 0 Å². The Bertz CT molecular complexity index is 460. The number of aromatic nitrogens is 2. The second kappa shape index (κ2) is 5.85. The Morgan fingerprint density at radius 1 is 1.44 bits per heavy atom. The quantitative estimate of drug-likeness (QED) is 0.749. The highest BCUT2D eigenvalue weighted by atomic mass is 16.2. The minimum absolute atomic E-state index is 0.139. The van der Waals surface area contributed by atoms with Gasteiger partial charge in [-0.3, -0.25) is 9.48 Å². The summed E-state index contributed by atoms with van der Waals surface area (Å²) in [6, 6.07) is 0. The van der Waals surface area contributed by atoms with Gasteiger partial charge in [-0.05, 0) is 27.7 Å². The van der Waals surface area contributed by atoms with E-state index in [2.05, 4.69) is 11.7 Å². The van der Waals surface area contributed by atoms with Crippen molar-refractivity contribution in [3.8, 4) is 0 Å². The number of nitrogens with zero attached hydrogens (tertiary/aromatic N) is 3. The summed E-state index contributed by atoms with van der Waals surface area (Å²) in [5, 5.41) is 4.34. The molecule has 1 rings (SSSR count). The normalized spacial score (nSPS) is 10.5. The molecular weight excluding hydrogens is 226 g/mol. The molecule has 4 nitrogen and oxygen atoms in total. The molecular formula is C14H23N3O. The highest BCUT2D eigenvalue weighted by molar-refractivity contribution is 5.79. The Kier molecular flexibility index (Phi) is 4.70. The summed E-state index contributed by atoms with van der Waals surface area (Å²) in [7, 11) is 1.90. The molecule has 18 heavy (non-hydrogen) atoms. The van der Waals surface area contributed by atoms with Crippen molar-refractivity contribution in [3.63, 3.8) is 0 Å². The van der Waals surface area contributed by atoms with E-state index in [9.17, 15) is 4.79 Å². The standard InChI is InChI=1S/C14H23N3O/c1-7-17(9-10(2)3)14(18)8-13-11(4)15-16(6)12(13)5/h2,7-9H2,1,3-6H3. The molecule has 0 aliphatic rings. The second-order valence-electron chi connectivity index (χ2n) is 4.81. The third kappa shape index (κ3) is 3.22. The van der Waals surface area contributed by atoms with Crippen molar-refractivity contribution in [3.05, 3.63) is 29.1 Å². The second-order valence-corrected chi connectivity index (χ2v) is 4.81. The van der Waals surface area contributed by atoms with E-state index in [0.29, 0.717) is 19.5 Å². The zero-order valence-electron chi connectivity index (χ0n) is 12.1. The van der Waals surface area contributed by atoms with Crippen molar-refractivity contribution in [2.24, 2.45) is 7.05 Å². The summed E-state index contributed by atoms with van der Waals surface area (Å²) in [6.45, 7) is 13.1. The summed E-state index contributed by atoms with van der Waals surface area (Å²) < 4.78 is 1.83. The van der Waals surface area contributed by atoms with Gasteiger partial charge in [-0.25, -0.2) is 0 Å². The first kappa shape index (κ1) is 14.5. The molecule has 0 aliphatic heterocycles. The first-order valence-corrected chi connectivity index (χ1v) is 6.28. The van der Waals surface area contributed by atoms with Gasteiger partial charge in [0.1, 0.15) is 0 Å². The van der Waals surface area contributed by atoms with Crippen LogP contribution in [-0.4, -0.2) is 33.7 Å². The molecule has 0 unspecified atom stereocenters. The highest BCUT2D eigenvalue weighted by Crippen LogP contribution is 2.14. The molecule has 1 aromatic heterocycles. The summed E-state index contributed by atoms with van der Waals surface area (Å²) in [4.78, 5) is 14.1. The van der Waals surface area contributed by atoms with E-state index >= 15 is 0 Å². The van der Waals surface area contributed by atoms with Gasteiger partial charge in [0.05, 0.1) is 12.1 Å². The third-order valence-corrected chi connectivity index (χ3v) is 3.18. The van der Waals surface area contributed by atoms with E-state index in [4.69, 9.17) is 0 Å². The van der Waals surface area contributed by atoms with Crippen LogP contribution in [-0.2, 0) is 18.3 Å². The lowest BCUT2D eigenvalue weighted by molar-refractivity contribution is -0.129. The fraction of sp³-hybridized carbons (Fsp3) is 0.571. The molecule has 1 aromatic rings. The van der Waals surface area contributed by atoms with Crippen molar-refractivity contribution >= 4 is 5.91 Å². The van der Waals surface area contributed by atoms with Crippen LogP contribution in [0.25, 0.3) is 0 Å². The predicted molar refractivity (Wildman–Crippen MR) is 73.5 cm³/mol. The van der Waals surface area contributed by atoms with Crippen molar-refractivity contribution in [2.75, 3.05) is 13.1 Å². The first-order valence-electron chi connectivity index (χ1n) is 6.28. The summed E-state index contributed by atoms with van der Waals surface area (Å²) in [6.07, 6.45) is 0.423. The number of likely N-dealkylation sites (N-methyl/N-ethyl adjacent to an activating group) is 1. The average Bonchev–Trinajstić information content (AvgIpc) is 2.52. The van der Waals surface area contributed by atoms with Gasteiger partial charge in [-0.1, -0.05) is 12.2 Å². The van der Waals surface area contributed by atoms with E-state index < -0.39 is 0 Å². The fourth-order valence-corrected chi connectivity index (χ4v) is 2.04. The topological polar surface area (TPSA) is 38.1 Å².